The predicted octanol–water partition coefficient (Wildman–Crippen LogP) is 2.53. The van der Waals surface area contributed by atoms with E-state index in [0.29, 0.717) is 12.0 Å². The Hall–Kier alpha value is -0.490. The van der Waals surface area contributed by atoms with Gasteiger partial charge in [0.15, 0.2) is 0 Å². The van der Waals surface area contributed by atoms with Gasteiger partial charge in [-0.05, 0) is 49.4 Å². The first-order chi connectivity index (χ1) is 8.69. The van der Waals surface area contributed by atoms with E-state index in [0.717, 1.165) is 30.3 Å². The topological polar surface area (TPSA) is 47.3 Å². The normalized spacial score (nSPS) is 21.2. The summed E-state index contributed by atoms with van der Waals surface area (Å²) in [5, 5.41) is 0. The molecule has 2 rings (SSSR count). The van der Waals surface area contributed by atoms with E-state index in [4.69, 9.17) is 10.6 Å². The van der Waals surface area contributed by atoms with Gasteiger partial charge in [-0.25, -0.2) is 4.39 Å². The summed E-state index contributed by atoms with van der Waals surface area (Å²) in [6.07, 6.45) is 3.82. The van der Waals surface area contributed by atoms with Gasteiger partial charge >= 0.3 is 0 Å². The number of hydrogen-bond donors (Lipinski definition) is 2. The van der Waals surface area contributed by atoms with Crippen LogP contribution in [0.25, 0.3) is 0 Å². The van der Waals surface area contributed by atoms with Gasteiger partial charge in [0.05, 0.1) is 6.10 Å². The van der Waals surface area contributed by atoms with Crippen LogP contribution in [0.3, 0.4) is 0 Å². The number of rotatable bonds is 5. The third-order valence-corrected chi connectivity index (χ3v) is 3.77. The van der Waals surface area contributed by atoms with Crippen molar-refractivity contribution in [3.8, 4) is 0 Å². The summed E-state index contributed by atoms with van der Waals surface area (Å²) in [6.45, 7) is 0.827. The van der Waals surface area contributed by atoms with Crippen LogP contribution in [0.15, 0.2) is 22.7 Å². The second kappa shape index (κ2) is 6.61. The van der Waals surface area contributed by atoms with Gasteiger partial charge in [0.2, 0.25) is 0 Å². The number of hydrazine groups is 1. The van der Waals surface area contributed by atoms with E-state index in [-0.39, 0.29) is 18.0 Å². The van der Waals surface area contributed by atoms with Gasteiger partial charge in [0.25, 0.3) is 0 Å². The highest BCUT2D eigenvalue weighted by molar-refractivity contribution is 9.10. The lowest BCUT2D eigenvalue weighted by Gasteiger charge is -2.20. The second-order valence-electron chi connectivity index (χ2n) is 4.67. The summed E-state index contributed by atoms with van der Waals surface area (Å²) >= 11 is 3.35. The first-order valence-corrected chi connectivity index (χ1v) is 7.00. The number of nitrogens with one attached hydrogen (secondary N) is 1. The molecule has 100 valence electrons. The molecule has 0 saturated carbocycles. The van der Waals surface area contributed by atoms with Gasteiger partial charge in [-0.3, -0.25) is 11.3 Å². The molecule has 1 aliphatic heterocycles. The Balaban J connectivity index is 1.98. The fourth-order valence-corrected chi connectivity index (χ4v) is 2.73. The molecule has 2 atom stereocenters. The fourth-order valence-electron chi connectivity index (χ4n) is 2.32. The van der Waals surface area contributed by atoms with Crippen molar-refractivity contribution < 1.29 is 9.13 Å². The average molecular weight is 317 g/mol. The molecule has 1 aliphatic rings. The maximum Gasteiger partial charge on any atom is 0.126 e. The van der Waals surface area contributed by atoms with Crippen LogP contribution in [-0.2, 0) is 11.2 Å². The highest BCUT2D eigenvalue weighted by Gasteiger charge is 2.21. The Morgan fingerprint density at radius 1 is 1.56 bits per heavy atom. The standard InChI is InChI=1S/C13H18BrFN2O/c14-10-3-4-13(15)9(6-10)7-11(17-16)8-12-2-1-5-18-12/h3-4,6,11-12,17H,1-2,5,7-8,16H2. The zero-order valence-electron chi connectivity index (χ0n) is 10.2. The van der Waals surface area contributed by atoms with Gasteiger partial charge in [-0.2, -0.15) is 0 Å². The van der Waals surface area contributed by atoms with Crippen molar-refractivity contribution in [3.63, 3.8) is 0 Å². The Kier molecular flexibility index (Phi) is 5.12. The van der Waals surface area contributed by atoms with Crippen LogP contribution in [-0.4, -0.2) is 18.8 Å². The minimum atomic E-state index is -0.189. The van der Waals surface area contributed by atoms with Crippen molar-refractivity contribution in [1.82, 2.24) is 5.43 Å². The number of halogens is 2. The SMILES string of the molecule is NNC(Cc1cc(Br)ccc1F)CC1CCCO1. The smallest absolute Gasteiger partial charge is 0.126 e. The van der Waals surface area contributed by atoms with Crippen LogP contribution < -0.4 is 11.3 Å². The molecule has 3 nitrogen and oxygen atoms in total. The van der Waals surface area contributed by atoms with E-state index in [1.54, 1.807) is 12.1 Å². The van der Waals surface area contributed by atoms with E-state index in [9.17, 15) is 4.39 Å². The van der Waals surface area contributed by atoms with Crippen molar-refractivity contribution in [3.05, 3.63) is 34.1 Å². The summed E-state index contributed by atoms with van der Waals surface area (Å²) in [6, 6.07) is 5.01. The third kappa shape index (κ3) is 3.75. The molecule has 18 heavy (non-hydrogen) atoms. The molecule has 3 N–H and O–H groups in total. The molecule has 0 aliphatic carbocycles. The minimum Gasteiger partial charge on any atom is -0.378 e. The predicted molar refractivity (Wildman–Crippen MR) is 72.5 cm³/mol. The van der Waals surface area contributed by atoms with E-state index < -0.39 is 0 Å². The van der Waals surface area contributed by atoms with Crippen LogP contribution in [0.2, 0.25) is 0 Å². The molecule has 0 bridgehead atoms. The summed E-state index contributed by atoms with van der Waals surface area (Å²) in [5.74, 6) is 5.36. The van der Waals surface area contributed by atoms with Gasteiger partial charge < -0.3 is 4.74 Å². The summed E-state index contributed by atoms with van der Waals surface area (Å²) in [4.78, 5) is 0. The van der Waals surface area contributed by atoms with Gasteiger partial charge in [0, 0.05) is 17.1 Å². The zero-order valence-corrected chi connectivity index (χ0v) is 11.7. The van der Waals surface area contributed by atoms with E-state index in [1.807, 2.05) is 0 Å². The van der Waals surface area contributed by atoms with E-state index in [2.05, 4.69) is 21.4 Å². The van der Waals surface area contributed by atoms with E-state index in [1.165, 1.54) is 6.07 Å². The molecular weight excluding hydrogens is 299 g/mol. The Morgan fingerprint density at radius 2 is 2.39 bits per heavy atom. The first kappa shape index (κ1) is 13.9. The zero-order chi connectivity index (χ0) is 13.0. The number of benzene rings is 1. The van der Waals surface area contributed by atoms with Gasteiger partial charge in [0.1, 0.15) is 5.82 Å². The van der Waals surface area contributed by atoms with Crippen molar-refractivity contribution in [2.45, 2.75) is 37.8 Å². The molecule has 0 radical (unpaired) electrons. The molecule has 0 spiro atoms. The highest BCUT2D eigenvalue weighted by atomic mass is 79.9. The molecule has 0 aromatic heterocycles. The molecule has 1 heterocycles. The molecule has 1 fully saturated rings. The first-order valence-electron chi connectivity index (χ1n) is 6.20. The van der Waals surface area contributed by atoms with Crippen LogP contribution in [0.1, 0.15) is 24.8 Å². The lowest BCUT2D eigenvalue weighted by molar-refractivity contribution is 0.0945. The lowest BCUT2D eigenvalue weighted by Crippen LogP contribution is -2.39. The monoisotopic (exact) mass is 316 g/mol. The van der Waals surface area contributed by atoms with Crippen LogP contribution in [0, 0.1) is 5.82 Å². The minimum absolute atomic E-state index is 0.0388. The Morgan fingerprint density at radius 3 is 3.06 bits per heavy atom. The fraction of sp³-hybridized carbons (Fsp3) is 0.538. The van der Waals surface area contributed by atoms with Crippen molar-refractivity contribution in [2.75, 3.05) is 6.61 Å². The molecular formula is C13H18BrFN2O. The van der Waals surface area contributed by atoms with Crippen molar-refractivity contribution in [1.29, 1.82) is 0 Å². The van der Waals surface area contributed by atoms with E-state index >= 15 is 0 Å². The van der Waals surface area contributed by atoms with Crippen molar-refractivity contribution >= 4 is 15.9 Å². The Bertz CT molecular complexity index is 397. The number of nitrogens with two attached hydrogens (primary N) is 1. The lowest BCUT2D eigenvalue weighted by atomic mass is 9.99. The summed E-state index contributed by atoms with van der Waals surface area (Å²) in [5.41, 5.74) is 3.43. The molecule has 2 unspecified atom stereocenters. The van der Waals surface area contributed by atoms with Crippen LogP contribution >= 0.6 is 15.9 Å². The van der Waals surface area contributed by atoms with Crippen LogP contribution in [0.5, 0.6) is 0 Å². The largest absolute Gasteiger partial charge is 0.378 e. The van der Waals surface area contributed by atoms with Crippen molar-refractivity contribution in [2.24, 2.45) is 5.84 Å². The maximum atomic E-state index is 13.7. The Labute approximate surface area is 115 Å². The molecule has 0 amide bonds. The summed E-state index contributed by atoms with van der Waals surface area (Å²) < 4.78 is 20.1. The molecule has 1 saturated heterocycles. The number of hydrogen-bond acceptors (Lipinski definition) is 3. The van der Waals surface area contributed by atoms with Crippen LogP contribution in [0.4, 0.5) is 4.39 Å². The molecule has 5 heteroatoms. The van der Waals surface area contributed by atoms with Gasteiger partial charge in [-0.15, -0.1) is 0 Å². The molecule has 1 aromatic carbocycles. The summed E-state index contributed by atoms with van der Waals surface area (Å²) in [7, 11) is 0. The third-order valence-electron chi connectivity index (χ3n) is 3.28. The van der Waals surface area contributed by atoms with Gasteiger partial charge in [-0.1, -0.05) is 15.9 Å². The highest BCUT2D eigenvalue weighted by Crippen LogP contribution is 2.21. The molecule has 1 aromatic rings. The number of ether oxygens (including phenoxy) is 1. The average Bonchev–Trinajstić information content (AvgIpc) is 2.85. The maximum absolute atomic E-state index is 13.7. The quantitative estimate of drug-likeness (QED) is 0.648. The second-order valence-corrected chi connectivity index (χ2v) is 5.59.